The zero-order valence-corrected chi connectivity index (χ0v) is 17.8. The molecule has 7 nitrogen and oxygen atoms in total. The molecule has 0 saturated heterocycles. The molecule has 0 fully saturated rings. The largest absolute Gasteiger partial charge is 0.502 e. The van der Waals surface area contributed by atoms with Crippen molar-refractivity contribution in [3.8, 4) is 5.75 Å². The highest BCUT2D eigenvalue weighted by Crippen LogP contribution is 2.32. The number of phenolic OH excluding ortho intramolecular Hbond substituents is 1. The van der Waals surface area contributed by atoms with Crippen molar-refractivity contribution in [3.05, 3.63) is 93.5 Å². The molecule has 0 unspecified atom stereocenters. The normalized spacial score (nSPS) is 10.9. The highest BCUT2D eigenvalue weighted by atomic mass is 16.6. The van der Waals surface area contributed by atoms with Crippen LogP contribution in [0.3, 0.4) is 0 Å². The molecule has 1 amide bonds. The zero-order chi connectivity index (χ0) is 22.9. The predicted octanol–water partition coefficient (Wildman–Crippen LogP) is 5.77. The molecule has 32 heavy (non-hydrogen) atoms. The van der Waals surface area contributed by atoms with Crippen LogP contribution in [0.25, 0.3) is 0 Å². The minimum atomic E-state index is -0.604. The summed E-state index contributed by atoms with van der Waals surface area (Å²) in [5.74, 6) is -0.491. The van der Waals surface area contributed by atoms with E-state index in [0.717, 1.165) is 18.4 Å². The van der Waals surface area contributed by atoms with Crippen LogP contribution in [0.4, 0.5) is 17.1 Å². The molecule has 3 aromatic carbocycles. The monoisotopic (exact) mass is 431 g/mol. The van der Waals surface area contributed by atoms with Gasteiger partial charge in [0.15, 0.2) is 0 Å². The summed E-state index contributed by atoms with van der Waals surface area (Å²) in [6.07, 6.45) is 4.10. The first-order valence-corrected chi connectivity index (χ1v) is 10.4. The van der Waals surface area contributed by atoms with Crippen LogP contribution in [0.1, 0.15) is 42.9 Å². The second kappa shape index (κ2) is 10.9. The van der Waals surface area contributed by atoms with Gasteiger partial charge in [-0.3, -0.25) is 19.9 Å². The van der Waals surface area contributed by atoms with Crippen LogP contribution in [0.5, 0.6) is 5.75 Å². The number of phenols is 1. The molecule has 0 heterocycles. The fraction of sp³-hybridized carbons (Fsp3) is 0.200. The number of anilines is 1. The van der Waals surface area contributed by atoms with Crippen molar-refractivity contribution >= 4 is 29.2 Å². The number of nitrogens with zero attached hydrogens (tertiary/aromatic N) is 2. The summed E-state index contributed by atoms with van der Waals surface area (Å²) >= 11 is 0. The van der Waals surface area contributed by atoms with Crippen molar-refractivity contribution in [2.75, 3.05) is 5.32 Å². The third-order valence-electron chi connectivity index (χ3n) is 4.87. The van der Waals surface area contributed by atoms with Crippen molar-refractivity contribution in [3.63, 3.8) is 0 Å². The van der Waals surface area contributed by atoms with Gasteiger partial charge in [-0.15, -0.1) is 0 Å². The third kappa shape index (κ3) is 6.25. The van der Waals surface area contributed by atoms with E-state index in [1.54, 1.807) is 30.3 Å². The van der Waals surface area contributed by atoms with Gasteiger partial charge in [-0.1, -0.05) is 49.7 Å². The lowest BCUT2D eigenvalue weighted by Gasteiger charge is -2.07. The Morgan fingerprint density at radius 3 is 2.59 bits per heavy atom. The van der Waals surface area contributed by atoms with Gasteiger partial charge < -0.3 is 10.4 Å². The van der Waals surface area contributed by atoms with Crippen molar-refractivity contribution in [2.24, 2.45) is 4.99 Å². The number of hydrogen-bond acceptors (Lipinski definition) is 5. The van der Waals surface area contributed by atoms with Crippen molar-refractivity contribution in [1.29, 1.82) is 0 Å². The van der Waals surface area contributed by atoms with Gasteiger partial charge >= 0.3 is 5.69 Å². The Kier molecular flexibility index (Phi) is 7.70. The quantitative estimate of drug-likeness (QED) is 0.255. The number of nitro groups is 1. The minimum absolute atomic E-state index is 0.0603. The first-order valence-electron chi connectivity index (χ1n) is 10.4. The second-order valence-electron chi connectivity index (χ2n) is 7.43. The van der Waals surface area contributed by atoms with Gasteiger partial charge in [0, 0.05) is 30.0 Å². The van der Waals surface area contributed by atoms with Crippen LogP contribution in [0, 0.1) is 10.1 Å². The minimum Gasteiger partial charge on any atom is -0.502 e. The number of unbranched alkanes of at least 4 members (excludes halogenated alkanes) is 1. The van der Waals surface area contributed by atoms with E-state index in [0.29, 0.717) is 29.8 Å². The zero-order valence-electron chi connectivity index (χ0n) is 17.8. The first kappa shape index (κ1) is 22.7. The lowest BCUT2D eigenvalue weighted by atomic mass is 10.0. The van der Waals surface area contributed by atoms with Crippen LogP contribution in [-0.4, -0.2) is 22.2 Å². The Hall–Kier alpha value is -4.00. The SMILES string of the molecule is CCCCC(=O)Nc1cccc(N=Cc2cc(Cc3ccccc3)cc([N+](=O)[O-])c2O)c1. The molecule has 0 aliphatic rings. The Bertz CT molecular complexity index is 1130. The molecule has 3 aromatic rings. The molecule has 0 saturated carbocycles. The number of hydrogen-bond donors (Lipinski definition) is 2. The van der Waals surface area contributed by atoms with Crippen molar-refractivity contribution < 1.29 is 14.8 Å². The van der Waals surface area contributed by atoms with E-state index in [1.807, 2.05) is 37.3 Å². The Labute approximate surface area is 186 Å². The molecule has 7 heteroatoms. The van der Waals surface area contributed by atoms with E-state index in [-0.39, 0.29) is 17.2 Å². The standard InChI is InChI=1S/C25H25N3O4/c1-2-3-12-24(29)27-22-11-7-10-21(16-22)26-17-20-14-19(13-18-8-5-4-6-9-18)15-23(25(20)30)28(31)32/h4-11,14-17,30H,2-3,12-13H2,1H3,(H,27,29). The molecule has 0 aliphatic heterocycles. The van der Waals surface area contributed by atoms with Gasteiger partial charge in [-0.25, -0.2) is 0 Å². The predicted molar refractivity (Wildman–Crippen MR) is 126 cm³/mol. The van der Waals surface area contributed by atoms with E-state index < -0.39 is 10.7 Å². The molecule has 0 aliphatic carbocycles. The summed E-state index contributed by atoms with van der Waals surface area (Å²) in [6, 6.07) is 19.6. The molecule has 0 aromatic heterocycles. The molecule has 0 bridgehead atoms. The topological polar surface area (TPSA) is 105 Å². The Balaban J connectivity index is 1.85. The van der Waals surface area contributed by atoms with Gasteiger partial charge in [0.2, 0.25) is 11.7 Å². The van der Waals surface area contributed by atoms with Gasteiger partial charge in [0.25, 0.3) is 0 Å². The molecular formula is C25H25N3O4. The smallest absolute Gasteiger partial charge is 0.311 e. The highest BCUT2D eigenvalue weighted by Gasteiger charge is 2.18. The summed E-state index contributed by atoms with van der Waals surface area (Å²) < 4.78 is 0. The maximum Gasteiger partial charge on any atom is 0.311 e. The average Bonchev–Trinajstić information content (AvgIpc) is 2.78. The van der Waals surface area contributed by atoms with E-state index in [9.17, 15) is 20.0 Å². The number of aromatic hydroxyl groups is 1. The number of rotatable bonds is 9. The number of amides is 1. The Morgan fingerprint density at radius 2 is 1.88 bits per heavy atom. The molecule has 0 spiro atoms. The molecule has 2 N–H and O–H groups in total. The number of nitrogens with one attached hydrogen (secondary N) is 1. The van der Waals surface area contributed by atoms with Gasteiger partial charge in [-0.05, 0) is 48.2 Å². The first-order chi connectivity index (χ1) is 15.5. The summed E-state index contributed by atoms with van der Waals surface area (Å²) in [6.45, 7) is 2.03. The highest BCUT2D eigenvalue weighted by molar-refractivity contribution is 5.92. The average molecular weight is 431 g/mol. The van der Waals surface area contributed by atoms with Crippen molar-refractivity contribution in [2.45, 2.75) is 32.6 Å². The molecule has 0 radical (unpaired) electrons. The van der Waals surface area contributed by atoms with Gasteiger partial charge in [0.05, 0.1) is 10.6 Å². The van der Waals surface area contributed by atoms with Gasteiger partial charge in [-0.2, -0.15) is 0 Å². The summed E-state index contributed by atoms with van der Waals surface area (Å²) in [7, 11) is 0. The lowest BCUT2D eigenvalue weighted by Crippen LogP contribution is -2.10. The van der Waals surface area contributed by atoms with Crippen LogP contribution in [0.15, 0.2) is 71.7 Å². The molecule has 3 rings (SSSR count). The summed E-state index contributed by atoms with van der Waals surface area (Å²) in [5.41, 5.74) is 2.75. The number of nitro benzene ring substituents is 1. The number of carbonyl (C=O) groups is 1. The van der Waals surface area contributed by atoms with E-state index >= 15 is 0 Å². The molecule has 0 atom stereocenters. The van der Waals surface area contributed by atoms with E-state index in [4.69, 9.17) is 0 Å². The van der Waals surface area contributed by atoms with Gasteiger partial charge in [0.1, 0.15) is 0 Å². The Morgan fingerprint density at radius 1 is 1.09 bits per heavy atom. The van der Waals surface area contributed by atoms with Crippen LogP contribution >= 0.6 is 0 Å². The third-order valence-corrected chi connectivity index (χ3v) is 4.87. The van der Waals surface area contributed by atoms with Crippen molar-refractivity contribution in [1.82, 2.24) is 0 Å². The summed E-state index contributed by atoms with van der Waals surface area (Å²) in [4.78, 5) is 27.1. The number of aliphatic imine (C=N–C) groups is 1. The van der Waals surface area contributed by atoms with Crippen LogP contribution in [-0.2, 0) is 11.2 Å². The number of carbonyl (C=O) groups excluding carboxylic acids is 1. The fourth-order valence-electron chi connectivity index (χ4n) is 3.24. The molecule has 164 valence electrons. The fourth-order valence-corrected chi connectivity index (χ4v) is 3.24. The second-order valence-corrected chi connectivity index (χ2v) is 7.43. The van der Waals surface area contributed by atoms with E-state index in [2.05, 4.69) is 10.3 Å². The maximum atomic E-state index is 11.9. The lowest BCUT2D eigenvalue weighted by molar-refractivity contribution is -0.385. The maximum absolute atomic E-state index is 11.9. The van der Waals surface area contributed by atoms with Crippen LogP contribution < -0.4 is 5.32 Å². The summed E-state index contributed by atoms with van der Waals surface area (Å²) in [5, 5.41) is 24.7. The van der Waals surface area contributed by atoms with E-state index in [1.165, 1.54) is 12.3 Å². The number of benzene rings is 3. The molecular weight excluding hydrogens is 406 g/mol. The van der Waals surface area contributed by atoms with Crippen LogP contribution in [0.2, 0.25) is 0 Å².